The van der Waals surface area contributed by atoms with Gasteiger partial charge in [0, 0.05) is 0 Å². The van der Waals surface area contributed by atoms with Crippen molar-refractivity contribution in [1.29, 1.82) is 0 Å². The molecular formula is C9H8O2. The standard InChI is InChI=1S/C9H8O2/c1-7-5-8(6-11-7)9-3-2-4-10-9/h2-6H,1H3. The van der Waals surface area contributed by atoms with E-state index < -0.39 is 0 Å². The van der Waals surface area contributed by atoms with Crippen molar-refractivity contribution >= 4 is 0 Å². The molecule has 0 N–H and O–H groups in total. The fourth-order valence-corrected chi connectivity index (χ4v) is 1.02. The molecule has 0 atom stereocenters. The van der Waals surface area contributed by atoms with Gasteiger partial charge >= 0.3 is 0 Å². The van der Waals surface area contributed by atoms with Crippen molar-refractivity contribution in [2.24, 2.45) is 0 Å². The Balaban J connectivity index is 2.45. The second-order valence-electron chi connectivity index (χ2n) is 2.42. The summed E-state index contributed by atoms with van der Waals surface area (Å²) >= 11 is 0. The summed E-state index contributed by atoms with van der Waals surface area (Å²) in [6.07, 6.45) is 3.34. The van der Waals surface area contributed by atoms with Gasteiger partial charge in [-0.1, -0.05) is 0 Å². The molecule has 0 radical (unpaired) electrons. The lowest BCUT2D eigenvalue weighted by Gasteiger charge is -1.84. The highest BCUT2D eigenvalue weighted by atomic mass is 16.3. The van der Waals surface area contributed by atoms with Crippen LogP contribution in [0.15, 0.2) is 39.6 Å². The number of aryl methyl sites for hydroxylation is 1. The zero-order valence-corrected chi connectivity index (χ0v) is 6.20. The van der Waals surface area contributed by atoms with Gasteiger partial charge in [-0.15, -0.1) is 0 Å². The molecule has 0 spiro atoms. The summed E-state index contributed by atoms with van der Waals surface area (Å²) in [6, 6.07) is 5.71. The molecule has 0 bridgehead atoms. The third-order valence-electron chi connectivity index (χ3n) is 1.54. The van der Waals surface area contributed by atoms with Crippen LogP contribution >= 0.6 is 0 Å². The van der Waals surface area contributed by atoms with Crippen LogP contribution in [0.25, 0.3) is 11.3 Å². The molecule has 0 saturated carbocycles. The van der Waals surface area contributed by atoms with Crippen LogP contribution in [-0.2, 0) is 0 Å². The van der Waals surface area contributed by atoms with Crippen LogP contribution in [0.4, 0.5) is 0 Å². The van der Waals surface area contributed by atoms with E-state index in [2.05, 4.69) is 0 Å². The highest BCUT2D eigenvalue weighted by Gasteiger charge is 2.02. The van der Waals surface area contributed by atoms with E-state index in [1.807, 2.05) is 25.1 Å². The van der Waals surface area contributed by atoms with Crippen molar-refractivity contribution in [3.8, 4) is 11.3 Å². The fourth-order valence-electron chi connectivity index (χ4n) is 1.02. The van der Waals surface area contributed by atoms with Crippen molar-refractivity contribution in [2.45, 2.75) is 6.92 Å². The summed E-state index contributed by atoms with van der Waals surface area (Å²) in [5, 5.41) is 0. The van der Waals surface area contributed by atoms with Crippen molar-refractivity contribution in [3.63, 3.8) is 0 Å². The maximum atomic E-state index is 5.17. The molecule has 2 heteroatoms. The number of furan rings is 2. The van der Waals surface area contributed by atoms with E-state index in [9.17, 15) is 0 Å². The van der Waals surface area contributed by atoms with Gasteiger partial charge < -0.3 is 8.83 Å². The Bertz CT molecular complexity index is 330. The molecule has 0 aliphatic rings. The Morgan fingerprint density at radius 3 is 2.73 bits per heavy atom. The minimum atomic E-state index is 0.849. The molecule has 11 heavy (non-hydrogen) atoms. The van der Waals surface area contributed by atoms with Crippen LogP contribution in [0.3, 0.4) is 0 Å². The molecule has 56 valence electrons. The predicted octanol–water partition coefficient (Wildman–Crippen LogP) is 2.85. The Morgan fingerprint density at radius 2 is 2.18 bits per heavy atom. The lowest BCUT2D eigenvalue weighted by molar-refractivity contribution is 0.532. The van der Waals surface area contributed by atoms with E-state index in [1.165, 1.54) is 0 Å². The Hall–Kier alpha value is -1.44. The first-order valence-corrected chi connectivity index (χ1v) is 3.45. The zero-order chi connectivity index (χ0) is 7.68. The van der Waals surface area contributed by atoms with Crippen molar-refractivity contribution in [1.82, 2.24) is 0 Å². The molecule has 2 heterocycles. The minimum absolute atomic E-state index is 0.849. The highest BCUT2D eigenvalue weighted by molar-refractivity contribution is 5.55. The number of hydrogen-bond acceptors (Lipinski definition) is 2. The summed E-state index contributed by atoms with van der Waals surface area (Å²) in [7, 11) is 0. The van der Waals surface area contributed by atoms with Crippen molar-refractivity contribution in [3.05, 3.63) is 36.5 Å². The Labute approximate surface area is 64.4 Å². The van der Waals surface area contributed by atoms with Gasteiger partial charge in [-0.3, -0.25) is 0 Å². The third kappa shape index (κ3) is 1.07. The van der Waals surface area contributed by atoms with Gasteiger partial charge in [0.15, 0.2) is 0 Å². The third-order valence-corrected chi connectivity index (χ3v) is 1.54. The summed E-state index contributed by atoms with van der Waals surface area (Å²) in [5.74, 6) is 1.75. The molecule has 0 aliphatic heterocycles. The van der Waals surface area contributed by atoms with Crippen LogP contribution in [0.5, 0.6) is 0 Å². The summed E-state index contributed by atoms with van der Waals surface area (Å²) in [6.45, 7) is 1.91. The van der Waals surface area contributed by atoms with Crippen LogP contribution < -0.4 is 0 Å². The normalized spacial score (nSPS) is 10.3. The fraction of sp³-hybridized carbons (Fsp3) is 0.111. The number of rotatable bonds is 1. The molecule has 2 rings (SSSR count). The first kappa shape index (κ1) is 6.28. The second kappa shape index (κ2) is 2.31. The average molecular weight is 148 g/mol. The van der Waals surface area contributed by atoms with Gasteiger partial charge in [-0.05, 0) is 25.1 Å². The molecule has 2 aromatic heterocycles. The maximum absolute atomic E-state index is 5.17. The van der Waals surface area contributed by atoms with Gasteiger partial charge in [-0.25, -0.2) is 0 Å². The van der Waals surface area contributed by atoms with E-state index in [-0.39, 0.29) is 0 Å². The van der Waals surface area contributed by atoms with Crippen LogP contribution in [0.1, 0.15) is 5.76 Å². The molecule has 0 aromatic carbocycles. The van der Waals surface area contributed by atoms with Gasteiger partial charge in [-0.2, -0.15) is 0 Å². The highest BCUT2D eigenvalue weighted by Crippen LogP contribution is 2.21. The van der Waals surface area contributed by atoms with Gasteiger partial charge in [0.1, 0.15) is 17.8 Å². The van der Waals surface area contributed by atoms with Crippen molar-refractivity contribution in [2.75, 3.05) is 0 Å². The van der Waals surface area contributed by atoms with E-state index in [1.54, 1.807) is 12.5 Å². The smallest absolute Gasteiger partial charge is 0.137 e. The topological polar surface area (TPSA) is 26.3 Å². The molecular weight excluding hydrogens is 140 g/mol. The summed E-state index contributed by atoms with van der Waals surface area (Å²) in [5.41, 5.74) is 0.993. The number of hydrogen-bond donors (Lipinski definition) is 0. The largest absolute Gasteiger partial charge is 0.469 e. The van der Waals surface area contributed by atoms with Crippen LogP contribution in [0.2, 0.25) is 0 Å². The monoisotopic (exact) mass is 148 g/mol. The Kier molecular flexibility index (Phi) is 1.32. The molecule has 0 amide bonds. The zero-order valence-electron chi connectivity index (χ0n) is 6.20. The van der Waals surface area contributed by atoms with Crippen molar-refractivity contribution < 1.29 is 8.83 Å². The average Bonchev–Trinajstić information content (AvgIpc) is 2.55. The maximum Gasteiger partial charge on any atom is 0.137 e. The molecule has 0 unspecified atom stereocenters. The van der Waals surface area contributed by atoms with E-state index in [0.29, 0.717) is 0 Å². The van der Waals surface area contributed by atoms with Gasteiger partial charge in [0.05, 0.1) is 11.8 Å². The van der Waals surface area contributed by atoms with Crippen LogP contribution in [0, 0.1) is 6.92 Å². The molecule has 2 nitrogen and oxygen atoms in total. The van der Waals surface area contributed by atoms with Gasteiger partial charge in [0.25, 0.3) is 0 Å². The SMILES string of the molecule is Cc1cc(-c2ccco2)co1. The molecule has 2 aromatic rings. The first-order chi connectivity index (χ1) is 5.36. The molecule has 0 saturated heterocycles. The summed E-state index contributed by atoms with van der Waals surface area (Å²) < 4.78 is 10.3. The van der Waals surface area contributed by atoms with E-state index in [0.717, 1.165) is 17.1 Å². The Morgan fingerprint density at radius 1 is 1.27 bits per heavy atom. The quantitative estimate of drug-likeness (QED) is 0.621. The molecule has 0 fully saturated rings. The van der Waals surface area contributed by atoms with Gasteiger partial charge in [0.2, 0.25) is 0 Å². The van der Waals surface area contributed by atoms with E-state index >= 15 is 0 Å². The first-order valence-electron chi connectivity index (χ1n) is 3.45. The molecule has 0 aliphatic carbocycles. The second-order valence-corrected chi connectivity index (χ2v) is 2.42. The predicted molar refractivity (Wildman–Crippen MR) is 41.1 cm³/mol. The lowest BCUT2D eigenvalue weighted by atomic mass is 10.2. The lowest BCUT2D eigenvalue weighted by Crippen LogP contribution is -1.63. The minimum Gasteiger partial charge on any atom is -0.469 e. The van der Waals surface area contributed by atoms with Crippen LogP contribution in [-0.4, -0.2) is 0 Å². The summed E-state index contributed by atoms with van der Waals surface area (Å²) in [4.78, 5) is 0. The van der Waals surface area contributed by atoms with E-state index in [4.69, 9.17) is 8.83 Å².